The number of hydrogen-bond acceptors (Lipinski definition) is 5. The van der Waals surface area contributed by atoms with Crippen LogP contribution in [0.1, 0.15) is 70.4 Å². The van der Waals surface area contributed by atoms with Crippen molar-refractivity contribution in [2.75, 3.05) is 37.6 Å². The van der Waals surface area contributed by atoms with Crippen LogP contribution in [0.2, 0.25) is 0 Å². The molecule has 7 nitrogen and oxygen atoms in total. The van der Waals surface area contributed by atoms with E-state index in [1.807, 2.05) is 53.4 Å². The molecule has 4 bridgehead atoms. The van der Waals surface area contributed by atoms with Gasteiger partial charge in [-0.1, -0.05) is 24.0 Å². The number of rotatable bonds is 5. The summed E-state index contributed by atoms with van der Waals surface area (Å²) in [5.74, 6) is 8.77. The van der Waals surface area contributed by atoms with Gasteiger partial charge in [0.1, 0.15) is 5.75 Å². The van der Waals surface area contributed by atoms with Gasteiger partial charge in [0.2, 0.25) is 0 Å². The van der Waals surface area contributed by atoms with Crippen LogP contribution < -0.4 is 10.2 Å². The van der Waals surface area contributed by atoms with E-state index < -0.39 is 0 Å². The Morgan fingerprint density at radius 2 is 1.56 bits per heavy atom. The predicted molar refractivity (Wildman–Crippen MR) is 166 cm³/mol. The third-order valence-electron chi connectivity index (χ3n) is 10.1. The maximum atomic E-state index is 13.5. The Morgan fingerprint density at radius 1 is 0.884 bits per heavy atom. The number of aromatic hydroxyl groups is 1. The van der Waals surface area contributed by atoms with E-state index in [1.165, 1.54) is 44.7 Å². The Hall–Kier alpha value is -4.31. The van der Waals surface area contributed by atoms with Crippen LogP contribution in [0, 0.1) is 35.0 Å². The smallest absolute Gasteiger partial charge is 0.255 e. The predicted octanol–water partition coefficient (Wildman–Crippen LogP) is 5.10. The summed E-state index contributed by atoms with van der Waals surface area (Å²) in [5.41, 5.74) is 3.91. The van der Waals surface area contributed by atoms with Gasteiger partial charge in [-0.2, -0.15) is 0 Å². The molecular weight excluding hydrogens is 536 g/mol. The number of aromatic nitrogens is 1. The van der Waals surface area contributed by atoms with Crippen molar-refractivity contribution >= 4 is 17.5 Å². The van der Waals surface area contributed by atoms with Crippen LogP contribution >= 0.6 is 0 Å². The van der Waals surface area contributed by atoms with Crippen LogP contribution in [0.25, 0.3) is 0 Å². The van der Waals surface area contributed by atoms with Gasteiger partial charge in [-0.25, -0.2) is 0 Å². The number of benzene rings is 2. The molecule has 2 N–H and O–H groups in total. The van der Waals surface area contributed by atoms with E-state index in [1.54, 1.807) is 12.3 Å². The summed E-state index contributed by atoms with van der Waals surface area (Å²) in [6.45, 7) is 3.45. The lowest BCUT2D eigenvalue weighted by molar-refractivity contribution is -0.0503. The van der Waals surface area contributed by atoms with Crippen molar-refractivity contribution in [2.24, 2.45) is 23.2 Å². The third kappa shape index (κ3) is 5.84. The number of carbonyl (C=O) groups excluding carboxylic acids is 2. The molecule has 43 heavy (non-hydrogen) atoms. The highest BCUT2D eigenvalue weighted by Crippen LogP contribution is 2.59. The second-order valence-corrected chi connectivity index (χ2v) is 13.2. The quantitative estimate of drug-likeness (QED) is 0.415. The van der Waals surface area contributed by atoms with E-state index in [4.69, 9.17) is 0 Å². The fraction of sp³-hybridized carbons (Fsp3) is 0.417. The Labute approximate surface area is 253 Å². The van der Waals surface area contributed by atoms with E-state index in [0.717, 1.165) is 30.0 Å². The minimum absolute atomic E-state index is 0.0276. The maximum absolute atomic E-state index is 13.5. The highest BCUT2D eigenvalue weighted by atomic mass is 16.3. The molecule has 1 aliphatic heterocycles. The number of pyridine rings is 1. The zero-order valence-corrected chi connectivity index (χ0v) is 24.5. The highest BCUT2D eigenvalue weighted by Gasteiger charge is 2.50. The number of carbonyl (C=O) groups is 2. The highest BCUT2D eigenvalue weighted by molar-refractivity contribution is 5.97. The molecule has 5 aliphatic rings. The molecule has 220 valence electrons. The molecule has 2 heterocycles. The topological polar surface area (TPSA) is 85.8 Å². The zero-order valence-electron chi connectivity index (χ0n) is 24.5. The van der Waals surface area contributed by atoms with Crippen LogP contribution in [0.4, 0.5) is 5.69 Å². The van der Waals surface area contributed by atoms with Crippen LogP contribution in [-0.4, -0.2) is 59.5 Å². The van der Waals surface area contributed by atoms with Gasteiger partial charge >= 0.3 is 0 Å². The average Bonchev–Trinajstić information content (AvgIpc) is 3.02. The number of hydrogen-bond donors (Lipinski definition) is 2. The fourth-order valence-corrected chi connectivity index (χ4v) is 8.45. The number of anilines is 1. The average molecular weight is 575 g/mol. The minimum Gasteiger partial charge on any atom is -0.506 e. The molecule has 3 aromatic rings. The molecule has 0 radical (unpaired) electrons. The standard InChI is InChI=1S/C36H38N4O3/c41-32-18-25(22-37-23-32)5-6-29-3-1-2-4-33(29)35(43)40-13-11-39(12-14-40)31-9-7-30(8-10-31)34(42)38-24-36-19-26-15-27(20-36)17-28(16-26)21-36/h1-4,7-10,18,22-23,26-28,41H,11-17,19-21,24H2,(H,38,42). The molecule has 0 atom stereocenters. The van der Waals surface area contributed by atoms with Gasteiger partial charge in [-0.05, 0) is 104 Å². The van der Waals surface area contributed by atoms with E-state index in [0.29, 0.717) is 53.8 Å². The Bertz CT molecular complexity index is 1540. The van der Waals surface area contributed by atoms with Gasteiger partial charge in [0.15, 0.2) is 0 Å². The van der Waals surface area contributed by atoms with Gasteiger partial charge in [-0.15, -0.1) is 0 Å². The van der Waals surface area contributed by atoms with Crippen LogP contribution in [-0.2, 0) is 0 Å². The first-order valence-electron chi connectivity index (χ1n) is 15.6. The molecule has 0 spiro atoms. The number of amides is 2. The van der Waals surface area contributed by atoms with Crippen LogP contribution in [0.5, 0.6) is 5.75 Å². The van der Waals surface area contributed by atoms with Crippen molar-refractivity contribution in [3.63, 3.8) is 0 Å². The van der Waals surface area contributed by atoms with Crippen molar-refractivity contribution < 1.29 is 14.7 Å². The van der Waals surface area contributed by atoms with E-state index in [9.17, 15) is 14.7 Å². The van der Waals surface area contributed by atoms with Crippen LogP contribution in [0.15, 0.2) is 67.0 Å². The summed E-state index contributed by atoms with van der Waals surface area (Å²) < 4.78 is 0. The van der Waals surface area contributed by atoms with Crippen molar-refractivity contribution in [3.05, 3.63) is 89.2 Å². The van der Waals surface area contributed by atoms with E-state index in [-0.39, 0.29) is 17.6 Å². The van der Waals surface area contributed by atoms with Gasteiger partial charge < -0.3 is 20.2 Å². The SMILES string of the molecule is O=C(NCC12CC3CC(CC(C3)C1)C2)c1ccc(N2CCN(C(=O)c3ccccc3C#Cc3cncc(O)c3)CC2)cc1. The molecule has 1 saturated heterocycles. The first-order valence-corrected chi connectivity index (χ1v) is 15.6. The Kier molecular flexibility index (Phi) is 7.30. The Morgan fingerprint density at radius 3 is 2.23 bits per heavy atom. The largest absolute Gasteiger partial charge is 0.506 e. The molecule has 5 fully saturated rings. The molecule has 8 rings (SSSR count). The molecule has 0 unspecified atom stereocenters. The second-order valence-electron chi connectivity index (χ2n) is 13.2. The van der Waals surface area contributed by atoms with Crippen molar-refractivity contribution in [1.29, 1.82) is 0 Å². The first kappa shape index (κ1) is 27.5. The van der Waals surface area contributed by atoms with Crippen molar-refractivity contribution in [1.82, 2.24) is 15.2 Å². The van der Waals surface area contributed by atoms with Gasteiger partial charge in [-0.3, -0.25) is 14.6 Å². The monoisotopic (exact) mass is 574 g/mol. The number of piperazine rings is 1. The lowest BCUT2D eigenvalue weighted by Gasteiger charge is -2.56. The first-order chi connectivity index (χ1) is 20.9. The second kappa shape index (κ2) is 11.4. The fourth-order valence-electron chi connectivity index (χ4n) is 8.45. The summed E-state index contributed by atoms with van der Waals surface area (Å²) in [6, 6.07) is 16.8. The van der Waals surface area contributed by atoms with E-state index >= 15 is 0 Å². The van der Waals surface area contributed by atoms with Crippen LogP contribution in [0.3, 0.4) is 0 Å². The summed E-state index contributed by atoms with van der Waals surface area (Å²) in [5, 5.41) is 12.9. The van der Waals surface area contributed by atoms with E-state index in [2.05, 4.69) is 27.0 Å². The maximum Gasteiger partial charge on any atom is 0.255 e. The lowest BCUT2D eigenvalue weighted by atomic mass is 9.49. The molecule has 4 aliphatic carbocycles. The number of nitrogens with zero attached hydrogens (tertiary/aromatic N) is 3. The molecule has 2 aromatic carbocycles. The summed E-state index contributed by atoms with van der Waals surface area (Å²) in [6.07, 6.45) is 11.1. The van der Waals surface area contributed by atoms with Crippen molar-refractivity contribution in [2.45, 2.75) is 38.5 Å². The normalized spacial score (nSPS) is 25.6. The van der Waals surface area contributed by atoms with Crippen molar-refractivity contribution in [3.8, 4) is 17.6 Å². The van der Waals surface area contributed by atoms with Gasteiger partial charge in [0, 0.05) is 61.3 Å². The summed E-state index contributed by atoms with van der Waals surface area (Å²) in [4.78, 5) is 34.6. The Balaban J connectivity index is 0.939. The van der Waals surface area contributed by atoms with Gasteiger partial charge in [0.25, 0.3) is 11.8 Å². The zero-order chi connectivity index (χ0) is 29.4. The lowest BCUT2D eigenvalue weighted by Crippen LogP contribution is -2.51. The summed E-state index contributed by atoms with van der Waals surface area (Å²) >= 11 is 0. The summed E-state index contributed by atoms with van der Waals surface area (Å²) in [7, 11) is 0. The number of nitrogens with one attached hydrogen (secondary N) is 1. The molecular formula is C36H38N4O3. The molecule has 2 amide bonds. The molecule has 7 heteroatoms. The molecule has 1 aromatic heterocycles. The van der Waals surface area contributed by atoms with Gasteiger partial charge in [0.05, 0.1) is 11.8 Å². The minimum atomic E-state index is -0.0374. The third-order valence-corrected chi connectivity index (χ3v) is 10.1. The molecule has 4 saturated carbocycles.